The Balaban J connectivity index is 2.19. The molecule has 92 valence electrons. The van der Waals surface area contributed by atoms with Gasteiger partial charge in [0, 0.05) is 10.2 Å². The normalized spacial score (nSPS) is 10.1. The number of hydrogen-bond donors (Lipinski definition) is 2. The zero-order chi connectivity index (χ0) is 13.1. The monoisotopic (exact) mass is 325 g/mol. The van der Waals surface area contributed by atoms with E-state index in [1.807, 2.05) is 0 Å². The van der Waals surface area contributed by atoms with Crippen molar-refractivity contribution in [3.63, 3.8) is 0 Å². The molecule has 2 rings (SSSR count). The van der Waals surface area contributed by atoms with Crippen LogP contribution in [0.25, 0.3) is 0 Å². The van der Waals surface area contributed by atoms with Crippen molar-refractivity contribution < 1.29 is 9.90 Å². The number of benzene rings is 2. The largest absolute Gasteiger partial charge is 0.508 e. The van der Waals surface area contributed by atoms with Crippen LogP contribution in [0.5, 0.6) is 5.75 Å². The molecule has 0 aromatic heterocycles. The Morgan fingerprint density at radius 2 is 1.83 bits per heavy atom. The van der Waals surface area contributed by atoms with E-state index in [2.05, 4.69) is 21.2 Å². The molecule has 2 aromatic rings. The second kappa shape index (κ2) is 5.42. The number of carbonyl (C=O) groups excluding carboxylic acids is 1. The number of hydrogen-bond acceptors (Lipinski definition) is 2. The van der Waals surface area contributed by atoms with Gasteiger partial charge < -0.3 is 10.4 Å². The number of carbonyl (C=O) groups is 1. The highest BCUT2D eigenvalue weighted by molar-refractivity contribution is 9.10. The number of amides is 1. The van der Waals surface area contributed by atoms with Gasteiger partial charge >= 0.3 is 0 Å². The highest BCUT2D eigenvalue weighted by Gasteiger charge is 2.10. The van der Waals surface area contributed by atoms with Crippen LogP contribution in [0.3, 0.4) is 0 Å². The van der Waals surface area contributed by atoms with Gasteiger partial charge in [-0.1, -0.05) is 27.5 Å². The minimum absolute atomic E-state index is 0.148. The fourth-order valence-electron chi connectivity index (χ4n) is 1.42. The summed E-state index contributed by atoms with van der Waals surface area (Å²) in [6, 6.07) is 11.3. The van der Waals surface area contributed by atoms with Gasteiger partial charge in [-0.3, -0.25) is 4.79 Å². The Morgan fingerprint density at radius 3 is 2.44 bits per heavy atom. The summed E-state index contributed by atoms with van der Waals surface area (Å²) in [5, 5.41) is 12.2. The predicted molar refractivity (Wildman–Crippen MR) is 75.2 cm³/mol. The van der Waals surface area contributed by atoms with E-state index in [0.717, 1.165) is 4.47 Å². The molecule has 0 aliphatic heterocycles. The summed E-state index contributed by atoms with van der Waals surface area (Å²) < 4.78 is 0.814. The van der Waals surface area contributed by atoms with E-state index in [-0.39, 0.29) is 11.7 Å². The van der Waals surface area contributed by atoms with E-state index in [1.54, 1.807) is 30.3 Å². The van der Waals surface area contributed by atoms with E-state index in [1.165, 1.54) is 12.1 Å². The first-order valence-corrected chi connectivity index (χ1v) is 6.29. The second-order valence-electron chi connectivity index (χ2n) is 3.63. The average Bonchev–Trinajstić information content (AvgIpc) is 2.32. The van der Waals surface area contributed by atoms with Crippen molar-refractivity contribution >= 4 is 39.1 Å². The third-order valence-corrected chi connectivity index (χ3v) is 3.11. The Hall–Kier alpha value is -1.52. The van der Waals surface area contributed by atoms with Crippen LogP contribution < -0.4 is 5.32 Å². The van der Waals surface area contributed by atoms with E-state index in [0.29, 0.717) is 16.3 Å². The fourth-order valence-corrected chi connectivity index (χ4v) is 2.18. The van der Waals surface area contributed by atoms with Gasteiger partial charge in [0.2, 0.25) is 0 Å². The van der Waals surface area contributed by atoms with Crippen LogP contribution in [0.2, 0.25) is 5.02 Å². The summed E-state index contributed by atoms with van der Waals surface area (Å²) in [5.74, 6) is -0.145. The van der Waals surface area contributed by atoms with E-state index >= 15 is 0 Å². The molecule has 3 nitrogen and oxygen atoms in total. The maximum Gasteiger partial charge on any atom is 0.257 e. The highest BCUT2D eigenvalue weighted by atomic mass is 79.9. The molecule has 0 heterocycles. The average molecular weight is 327 g/mol. The van der Waals surface area contributed by atoms with Crippen molar-refractivity contribution in [3.8, 4) is 5.75 Å². The molecule has 0 spiro atoms. The summed E-state index contributed by atoms with van der Waals surface area (Å²) in [6.07, 6.45) is 0. The lowest BCUT2D eigenvalue weighted by molar-refractivity contribution is 0.102. The summed E-state index contributed by atoms with van der Waals surface area (Å²) in [5.41, 5.74) is 0.990. The molecule has 18 heavy (non-hydrogen) atoms. The van der Waals surface area contributed by atoms with Crippen LogP contribution >= 0.6 is 27.5 Å². The molecule has 1 amide bonds. The smallest absolute Gasteiger partial charge is 0.257 e. The van der Waals surface area contributed by atoms with E-state index in [9.17, 15) is 4.79 Å². The summed E-state index contributed by atoms with van der Waals surface area (Å²) in [7, 11) is 0. The minimum atomic E-state index is -0.293. The Morgan fingerprint density at radius 1 is 1.17 bits per heavy atom. The highest BCUT2D eigenvalue weighted by Crippen LogP contribution is 2.22. The summed E-state index contributed by atoms with van der Waals surface area (Å²) >= 11 is 9.26. The molecule has 5 heteroatoms. The molecule has 0 radical (unpaired) electrons. The number of phenolic OH excluding ortho intramolecular Hbond substituents is 1. The molecule has 0 bridgehead atoms. The first-order chi connectivity index (χ1) is 8.56. The van der Waals surface area contributed by atoms with Crippen molar-refractivity contribution in [2.24, 2.45) is 0 Å². The third kappa shape index (κ3) is 3.03. The molecule has 2 N–H and O–H groups in total. The van der Waals surface area contributed by atoms with Crippen molar-refractivity contribution in [2.75, 3.05) is 5.32 Å². The maximum absolute atomic E-state index is 12.0. The first-order valence-electron chi connectivity index (χ1n) is 5.12. The first kappa shape index (κ1) is 12.9. The lowest BCUT2D eigenvalue weighted by Crippen LogP contribution is -2.12. The Labute approximate surface area is 118 Å². The van der Waals surface area contributed by atoms with Crippen LogP contribution in [0.4, 0.5) is 5.69 Å². The third-order valence-electron chi connectivity index (χ3n) is 2.30. The van der Waals surface area contributed by atoms with Gasteiger partial charge in [0.1, 0.15) is 5.75 Å². The Bertz CT molecular complexity index is 584. The standard InChI is InChI=1S/C13H9BrClNO2/c14-8-1-6-11(12(15)7-8)13(18)16-9-2-4-10(17)5-3-9/h1-7,17H,(H,16,18). The lowest BCUT2D eigenvalue weighted by Gasteiger charge is -2.07. The van der Waals surface area contributed by atoms with Crippen LogP contribution in [-0.2, 0) is 0 Å². The van der Waals surface area contributed by atoms with Crippen LogP contribution in [-0.4, -0.2) is 11.0 Å². The zero-order valence-corrected chi connectivity index (χ0v) is 11.5. The molecular weight excluding hydrogens is 318 g/mol. The van der Waals surface area contributed by atoms with Gasteiger partial charge in [-0.2, -0.15) is 0 Å². The van der Waals surface area contributed by atoms with Gasteiger partial charge in [0.25, 0.3) is 5.91 Å². The number of anilines is 1. The number of nitrogens with one attached hydrogen (secondary N) is 1. The van der Waals surface area contributed by atoms with Crippen LogP contribution in [0.1, 0.15) is 10.4 Å². The van der Waals surface area contributed by atoms with Gasteiger partial charge in [-0.25, -0.2) is 0 Å². The number of rotatable bonds is 2. The fraction of sp³-hybridized carbons (Fsp3) is 0. The molecular formula is C13H9BrClNO2. The molecule has 0 saturated heterocycles. The topological polar surface area (TPSA) is 49.3 Å². The maximum atomic E-state index is 12.0. The van der Waals surface area contributed by atoms with E-state index < -0.39 is 0 Å². The zero-order valence-electron chi connectivity index (χ0n) is 9.15. The SMILES string of the molecule is O=C(Nc1ccc(O)cc1)c1ccc(Br)cc1Cl. The van der Waals surface area contributed by atoms with Crippen LogP contribution in [0, 0.1) is 0 Å². The van der Waals surface area contributed by atoms with Crippen molar-refractivity contribution in [1.82, 2.24) is 0 Å². The quantitative estimate of drug-likeness (QED) is 0.818. The van der Waals surface area contributed by atoms with Gasteiger partial charge in [0.15, 0.2) is 0 Å². The van der Waals surface area contributed by atoms with E-state index in [4.69, 9.17) is 16.7 Å². The lowest BCUT2D eigenvalue weighted by atomic mass is 10.2. The van der Waals surface area contributed by atoms with Gasteiger partial charge in [0.05, 0.1) is 10.6 Å². The molecule has 0 atom stereocenters. The Kier molecular flexibility index (Phi) is 3.89. The van der Waals surface area contributed by atoms with Crippen molar-refractivity contribution in [3.05, 3.63) is 57.5 Å². The van der Waals surface area contributed by atoms with Gasteiger partial charge in [-0.15, -0.1) is 0 Å². The molecule has 0 aliphatic carbocycles. The number of halogens is 2. The molecule has 0 saturated carbocycles. The molecule has 0 fully saturated rings. The molecule has 0 aliphatic rings. The number of aromatic hydroxyl groups is 1. The van der Waals surface area contributed by atoms with Crippen molar-refractivity contribution in [1.29, 1.82) is 0 Å². The van der Waals surface area contributed by atoms with Crippen LogP contribution in [0.15, 0.2) is 46.9 Å². The second-order valence-corrected chi connectivity index (χ2v) is 4.95. The molecule has 0 unspecified atom stereocenters. The summed E-state index contributed by atoms with van der Waals surface area (Å²) in [4.78, 5) is 12.0. The number of phenols is 1. The predicted octanol–water partition coefficient (Wildman–Crippen LogP) is 4.06. The molecule has 2 aromatic carbocycles. The minimum Gasteiger partial charge on any atom is -0.508 e. The van der Waals surface area contributed by atoms with Gasteiger partial charge in [-0.05, 0) is 42.5 Å². The van der Waals surface area contributed by atoms with Crippen molar-refractivity contribution in [2.45, 2.75) is 0 Å². The summed E-state index contributed by atoms with van der Waals surface area (Å²) in [6.45, 7) is 0.